The Morgan fingerprint density at radius 1 is 1.10 bits per heavy atom. The maximum Gasteiger partial charge on any atom is 0.235 e. The minimum atomic E-state index is -0.452. The summed E-state index contributed by atoms with van der Waals surface area (Å²) in [6, 6.07) is 9.52. The second-order valence-electron chi connectivity index (χ2n) is 4.09. The first kappa shape index (κ1) is 13.8. The number of methoxy groups -OCH3 is 2. The second-order valence-corrected chi connectivity index (χ2v) is 4.09. The van der Waals surface area contributed by atoms with E-state index in [0.717, 1.165) is 5.56 Å². The fourth-order valence-corrected chi connectivity index (χ4v) is 1.87. The van der Waals surface area contributed by atoms with Gasteiger partial charge in [0.2, 0.25) is 5.78 Å². The van der Waals surface area contributed by atoms with Crippen molar-refractivity contribution in [1.29, 1.82) is 0 Å². The zero-order valence-corrected chi connectivity index (χ0v) is 11.3. The number of Topliss-reactive ketones (excluding diaryl/α,β-unsaturated/α-hetero) is 1. The Labute approximate surface area is 117 Å². The smallest absolute Gasteiger partial charge is 0.235 e. The Hall–Kier alpha value is -2.62. The Bertz CT molecular complexity index is 621. The minimum absolute atomic E-state index is 0.00321. The summed E-state index contributed by atoms with van der Waals surface area (Å²) < 4.78 is 10.0. The van der Waals surface area contributed by atoms with Crippen LogP contribution < -0.4 is 0 Å². The first-order valence-electron chi connectivity index (χ1n) is 6.03. The number of hydrogen-bond donors (Lipinski definition) is 0. The molecule has 2 rings (SSSR count). The molecule has 0 spiro atoms. The molecule has 0 saturated heterocycles. The summed E-state index contributed by atoms with van der Waals surface area (Å²) in [5, 5.41) is 0. The molecule has 20 heavy (non-hydrogen) atoms. The van der Waals surface area contributed by atoms with Gasteiger partial charge in [-0.1, -0.05) is 36.4 Å². The number of benzene rings is 1. The summed E-state index contributed by atoms with van der Waals surface area (Å²) in [5.41, 5.74) is 0.942. The predicted molar refractivity (Wildman–Crippen MR) is 74.6 cm³/mol. The molecule has 102 valence electrons. The van der Waals surface area contributed by atoms with Crippen molar-refractivity contribution in [1.82, 2.24) is 0 Å². The molecule has 1 aliphatic carbocycles. The van der Waals surface area contributed by atoms with E-state index >= 15 is 0 Å². The van der Waals surface area contributed by atoms with Crippen molar-refractivity contribution in [3.8, 4) is 0 Å². The summed E-state index contributed by atoms with van der Waals surface area (Å²) >= 11 is 0. The lowest BCUT2D eigenvalue weighted by Crippen LogP contribution is -2.08. The highest BCUT2D eigenvalue weighted by atomic mass is 16.5. The van der Waals surface area contributed by atoms with Crippen LogP contribution in [0.4, 0.5) is 0 Å². The Kier molecular flexibility index (Phi) is 4.15. The maximum absolute atomic E-state index is 12.0. The average molecular weight is 270 g/mol. The SMILES string of the molecule is COC1=CC(=O)/C(=C(\C=C\c2ccccc2)OC)C1=O. The minimum Gasteiger partial charge on any atom is -0.496 e. The molecule has 1 aromatic rings. The number of hydrogen-bond acceptors (Lipinski definition) is 4. The van der Waals surface area contributed by atoms with E-state index in [2.05, 4.69) is 0 Å². The first-order chi connectivity index (χ1) is 9.67. The van der Waals surface area contributed by atoms with Crippen molar-refractivity contribution in [2.45, 2.75) is 0 Å². The van der Waals surface area contributed by atoms with Crippen molar-refractivity contribution < 1.29 is 19.1 Å². The monoisotopic (exact) mass is 270 g/mol. The van der Waals surface area contributed by atoms with Crippen molar-refractivity contribution >= 4 is 17.6 Å². The van der Waals surface area contributed by atoms with E-state index in [4.69, 9.17) is 9.47 Å². The van der Waals surface area contributed by atoms with Crippen molar-refractivity contribution in [2.24, 2.45) is 0 Å². The molecule has 1 aliphatic rings. The van der Waals surface area contributed by atoms with Crippen LogP contribution in [0.3, 0.4) is 0 Å². The molecule has 0 aliphatic heterocycles. The van der Waals surface area contributed by atoms with Gasteiger partial charge in [0.1, 0.15) is 11.3 Å². The number of rotatable bonds is 4. The zero-order valence-electron chi connectivity index (χ0n) is 11.3. The molecule has 1 aromatic carbocycles. The third-order valence-corrected chi connectivity index (χ3v) is 2.87. The number of allylic oxidation sites excluding steroid dienone is 3. The average Bonchev–Trinajstić information content (AvgIpc) is 2.76. The molecule has 0 bridgehead atoms. The van der Waals surface area contributed by atoms with Gasteiger partial charge in [0.05, 0.1) is 14.2 Å². The largest absolute Gasteiger partial charge is 0.496 e. The number of carbonyl (C=O) groups excluding carboxylic acids is 2. The number of ether oxygens (including phenoxy) is 2. The van der Waals surface area contributed by atoms with E-state index in [1.54, 1.807) is 12.2 Å². The third-order valence-electron chi connectivity index (χ3n) is 2.87. The van der Waals surface area contributed by atoms with E-state index in [1.165, 1.54) is 20.3 Å². The molecule has 0 radical (unpaired) electrons. The molecule has 0 saturated carbocycles. The second kappa shape index (κ2) is 6.02. The van der Waals surface area contributed by atoms with Crippen LogP contribution in [0.5, 0.6) is 0 Å². The highest BCUT2D eigenvalue weighted by molar-refractivity contribution is 6.35. The van der Waals surface area contributed by atoms with Crippen LogP contribution >= 0.6 is 0 Å². The fraction of sp³-hybridized carbons (Fsp3) is 0.125. The van der Waals surface area contributed by atoms with Crippen molar-refractivity contribution in [3.63, 3.8) is 0 Å². The van der Waals surface area contributed by atoms with Gasteiger partial charge in [0.15, 0.2) is 11.5 Å². The van der Waals surface area contributed by atoms with E-state index in [0.29, 0.717) is 0 Å². The first-order valence-corrected chi connectivity index (χ1v) is 6.03. The van der Waals surface area contributed by atoms with Gasteiger partial charge < -0.3 is 9.47 Å². The molecule has 0 aromatic heterocycles. The van der Waals surface area contributed by atoms with E-state index in [-0.39, 0.29) is 17.1 Å². The van der Waals surface area contributed by atoms with Crippen LogP contribution in [0.2, 0.25) is 0 Å². The van der Waals surface area contributed by atoms with Gasteiger partial charge >= 0.3 is 0 Å². The lowest BCUT2D eigenvalue weighted by atomic mass is 10.1. The van der Waals surface area contributed by atoms with Gasteiger partial charge in [-0.25, -0.2) is 0 Å². The summed E-state index contributed by atoms with van der Waals surface area (Å²) in [6.07, 6.45) is 4.55. The molecular weight excluding hydrogens is 256 g/mol. The predicted octanol–water partition coefficient (Wildman–Crippen LogP) is 2.28. The summed E-state index contributed by atoms with van der Waals surface area (Å²) in [6.45, 7) is 0. The lowest BCUT2D eigenvalue weighted by Gasteiger charge is -2.04. The van der Waals surface area contributed by atoms with Crippen LogP contribution in [-0.4, -0.2) is 25.8 Å². The molecule has 0 atom stereocenters. The molecular formula is C16H14O4. The molecule has 0 fully saturated rings. The van der Waals surface area contributed by atoms with Crippen LogP contribution in [0.25, 0.3) is 6.08 Å². The normalized spacial score (nSPS) is 17.4. The van der Waals surface area contributed by atoms with Crippen LogP contribution in [0, 0.1) is 0 Å². The summed E-state index contributed by atoms with van der Waals surface area (Å²) in [4.78, 5) is 23.8. The van der Waals surface area contributed by atoms with Crippen molar-refractivity contribution in [3.05, 3.63) is 65.1 Å². The Morgan fingerprint density at radius 2 is 1.80 bits per heavy atom. The molecule has 0 amide bonds. The highest BCUT2D eigenvalue weighted by Crippen LogP contribution is 2.22. The van der Waals surface area contributed by atoms with E-state index in [1.807, 2.05) is 30.3 Å². The fourth-order valence-electron chi connectivity index (χ4n) is 1.87. The van der Waals surface area contributed by atoms with Gasteiger partial charge in [-0.2, -0.15) is 0 Å². The molecule has 0 N–H and O–H groups in total. The topological polar surface area (TPSA) is 52.6 Å². The van der Waals surface area contributed by atoms with Crippen molar-refractivity contribution in [2.75, 3.05) is 14.2 Å². The number of carbonyl (C=O) groups is 2. The quantitative estimate of drug-likeness (QED) is 0.478. The third kappa shape index (κ3) is 2.69. The van der Waals surface area contributed by atoms with Gasteiger partial charge in [-0.05, 0) is 11.6 Å². The lowest BCUT2D eigenvalue weighted by molar-refractivity contribution is -0.117. The summed E-state index contributed by atoms with van der Waals surface area (Å²) in [7, 11) is 2.77. The van der Waals surface area contributed by atoms with Gasteiger partial charge in [0.25, 0.3) is 0 Å². The van der Waals surface area contributed by atoms with Crippen LogP contribution in [0.1, 0.15) is 5.56 Å². The maximum atomic E-state index is 12.0. The van der Waals surface area contributed by atoms with Gasteiger partial charge in [0, 0.05) is 6.08 Å². The van der Waals surface area contributed by atoms with Crippen LogP contribution in [-0.2, 0) is 19.1 Å². The molecule has 0 heterocycles. The zero-order chi connectivity index (χ0) is 14.5. The molecule has 4 heteroatoms. The highest BCUT2D eigenvalue weighted by Gasteiger charge is 2.32. The van der Waals surface area contributed by atoms with Gasteiger partial charge in [-0.3, -0.25) is 9.59 Å². The van der Waals surface area contributed by atoms with Crippen LogP contribution in [0.15, 0.2) is 59.6 Å². The van der Waals surface area contributed by atoms with E-state index in [9.17, 15) is 9.59 Å². The Morgan fingerprint density at radius 3 is 2.35 bits per heavy atom. The standard InChI is InChI=1S/C16H14O4/c1-19-13(9-8-11-6-4-3-5-7-11)15-12(17)10-14(20-2)16(15)18/h3-10H,1-2H3/b9-8+,15-13-. The molecule has 4 nitrogen and oxygen atoms in total. The van der Waals surface area contributed by atoms with Gasteiger partial charge in [-0.15, -0.1) is 0 Å². The molecule has 0 unspecified atom stereocenters. The summed E-state index contributed by atoms with van der Waals surface area (Å²) in [5.74, 6) is -0.590. The Balaban J connectivity index is 2.33. The van der Waals surface area contributed by atoms with E-state index < -0.39 is 11.6 Å². The number of ketones is 2.